The molecule has 1 aromatic carbocycles. The van der Waals surface area contributed by atoms with E-state index in [-0.39, 0.29) is 5.41 Å². The molecule has 2 rings (SSSR count). The van der Waals surface area contributed by atoms with E-state index >= 15 is 0 Å². The topological polar surface area (TPSA) is 3.24 Å². The first-order chi connectivity index (χ1) is 8.57. The monoisotopic (exact) mass is 239 g/mol. The molecule has 0 radical (unpaired) electrons. The maximum absolute atomic E-state index is 3.91. The Kier molecular flexibility index (Phi) is 3.42. The Bertz CT molecular complexity index is 506. The minimum absolute atomic E-state index is 0.0150. The molecule has 1 aromatic rings. The quantitative estimate of drug-likeness (QED) is 0.695. The molecule has 1 aliphatic rings. The molecule has 0 unspecified atom stereocenters. The zero-order valence-electron chi connectivity index (χ0n) is 11.5. The SMILES string of the molecule is C=CC(C)(C)/C=C1\C=CN(CC)c2ccccc21. The molecule has 0 N–H and O–H groups in total. The number of allylic oxidation sites excluding steroid dienone is 4. The van der Waals surface area contributed by atoms with E-state index in [2.05, 4.69) is 74.9 Å². The third-order valence-electron chi connectivity index (χ3n) is 3.35. The van der Waals surface area contributed by atoms with E-state index in [0.29, 0.717) is 0 Å². The maximum Gasteiger partial charge on any atom is 0.0485 e. The van der Waals surface area contributed by atoms with Crippen LogP contribution in [-0.2, 0) is 0 Å². The lowest BCUT2D eigenvalue weighted by Gasteiger charge is -2.28. The number of fused-ring (bicyclic) bond motifs is 1. The van der Waals surface area contributed by atoms with Gasteiger partial charge in [0, 0.05) is 29.4 Å². The van der Waals surface area contributed by atoms with Gasteiger partial charge in [0.15, 0.2) is 0 Å². The number of para-hydroxylation sites is 1. The molecular weight excluding hydrogens is 218 g/mol. The van der Waals surface area contributed by atoms with Crippen LogP contribution in [0.3, 0.4) is 0 Å². The predicted octanol–water partition coefficient (Wildman–Crippen LogP) is 4.64. The van der Waals surface area contributed by atoms with Crippen molar-refractivity contribution in [2.24, 2.45) is 5.41 Å². The van der Waals surface area contributed by atoms with Crippen LogP contribution in [0.5, 0.6) is 0 Å². The van der Waals surface area contributed by atoms with Gasteiger partial charge < -0.3 is 4.90 Å². The highest BCUT2D eigenvalue weighted by Gasteiger charge is 2.17. The average Bonchev–Trinajstić information content (AvgIpc) is 2.39. The summed E-state index contributed by atoms with van der Waals surface area (Å²) >= 11 is 0. The van der Waals surface area contributed by atoms with Crippen LogP contribution in [0, 0.1) is 5.41 Å². The highest BCUT2D eigenvalue weighted by Crippen LogP contribution is 2.35. The van der Waals surface area contributed by atoms with Crippen molar-refractivity contribution in [3.05, 3.63) is 60.8 Å². The largest absolute Gasteiger partial charge is 0.348 e. The van der Waals surface area contributed by atoms with Gasteiger partial charge in [0.1, 0.15) is 0 Å². The van der Waals surface area contributed by atoms with Gasteiger partial charge in [-0.15, -0.1) is 6.58 Å². The fraction of sp³-hybridized carbons (Fsp3) is 0.294. The van der Waals surface area contributed by atoms with E-state index < -0.39 is 0 Å². The maximum atomic E-state index is 3.91. The van der Waals surface area contributed by atoms with Gasteiger partial charge in [-0.2, -0.15) is 0 Å². The lowest BCUT2D eigenvalue weighted by Crippen LogP contribution is -2.19. The van der Waals surface area contributed by atoms with Crippen LogP contribution in [0.2, 0.25) is 0 Å². The predicted molar refractivity (Wildman–Crippen MR) is 80.6 cm³/mol. The minimum Gasteiger partial charge on any atom is -0.348 e. The first-order valence-electron chi connectivity index (χ1n) is 6.48. The molecule has 0 spiro atoms. The van der Waals surface area contributed by atoms with Crippen molar-refractivity contribution in [2.75, 3.05) is 11.4 Å². The second-order valence-electron chi connectivity index (χ2n) is 5.24. The summed E-state index contributed by atoms with van der Waals surface area (Å²) in [6, 6.07) is 8.56. The Hall–Kier alpha value is -1.76. The average molecular weight is 239 g/mol. The van der Waals surface area contributed by atoms with Gasteiger partial charge >= 0.3 is 0 Å². The second-order valence-corrected chi connectivity index (χ2v) is 5.24. The molecule has 0 saturated heterocycles. The van der Waals surface area contributed by atoms with Crippen LogP contribution in [0.25, 0.3) is 5.57 Å². The molecule has 1 nitrogen and oxygen atoms in total. The summed E-state index contributed by atoms with van der Waals surface area (Å²) in [7, 11) is 0. The third-order valence-corrected chi connectivity index (χ3v) is 3.35. The molecule has 0 aliphatic carbocycles. The van der Waals surface area contributed by atoms with Gasteiger partial charge in [-0.25, -0.2) is 0 Å². The fourth-order valence-corrected chi connectivity index (χ4v) is 2.17. The number of benzene rings is 1. The standard InChI is InChI=1S/C17H21N/c1-5-17(3,4)13-14-11-12-18(6-2)16-10-8-7-9-15(14)16/h5,7-13H,1,6H2,2-4H3/b14-13+. The van der Waals surface area contributed by atoms with Crippen molar-refractivity contribution in [1.82, 2.24) is 0 Å². The van der Waals surface area contributed by atoms with Gasteiger partial charge in [-0.3, -0.25) is 0 Å². The molecule has 1 heteroatoms. The fourth-order valence-electron chi connectivity index (χ4n) is 2.17. The molecular formula is C17H21N. The van der Waals surface area contributed by atoms with E-state index in [9.17, 15) is 0 Å². The van der Waals surface area contributed by atoms with Crippen molar-refractivity contribution in [3.63, 3.8) is 0 Å². The zero-order chi connectivity index (χ0) is 13.2. The van der Waals surface area contributed by atoms with Gasteiger partial charge in [0.25, 0.3) is 0 Å². The summed E-state index contributed by atoms with van der Waals surface area (Å²) in [6.45, 7) is 11.4. The number of rotatable bonds is 3. The number of nitrogens with zero attached hydrogens (tertiary/aromatic N) is 1. The molecule has 0 amide bonds. The van der Waals surface area contributed by atoms with Crippen LogP contribution in [-0.4, -0.2) is 6.54 Å². The molecule has 0 fully saturated rings. The minimum atomic E-state index is 0.0150. The van der Waals surface area contributed by atoms with Gasteiger partial charge in [0.05, 0.1) is 0 Å². The molecule has 0 bridgehead atoms. The van der Waals surface area contributed by atoms with E-state index in [4.69, 9.17) is 0 Å². The molecule has 1 heterocycles. The normalized spacial score (nSPS) is 16.8. The summed E-state index contributed by atoms with van der Waals surface area (Å²) < 4.78 is 0. The third kappa shape index (κ3) is 2.40. The van der Waals surface area contributed by atoms with Crippen molar-refractivity contribution in [3.8, 4) is 0 Å². The number of anilines is 1. The van der Waals surface area contributed by atoms with Crippen molar-refractivity contribution in [2.45, 2.75) is 20.8 Å². The Morgan fingerprint density at radius 3 is 2.67 bits per heavy atom. The lowest BCUT2D eigenvalue weighted by atomic mass is 9.87. The zero-order valence-corrected chi connectivity index (χ0v) is 11.5. The molecule has 18 heavy (non-hydrogen) atoms. The Labute approximate surface area is 110 Å². The van der Waals surface area contributed by atoms with Crippen molar-refractivity contribution >= 4 is 11.3 Å². The summed E-state index contributed by atoms with van der Waals surface area (Å²) in [5, 5.41) is 0. The van der Waals surface area contributed by atoms with Gasteiger partial charge in [-0.05, 0) is 24.6 Å². The second kappa shape index (κ2) is 4.85. The van der Waals surface area contributed by atoms with Gasteiger partial charge in [-0.1, -0.05) is 44.2 Å². The van der Waals surface area contributed by atoms with Crippen LogP contribution in [0.4, 0.5) is 5.69 Å². The number of hydrogen-bond donors (Lipinski definition) is 0. The summed E-state index contributed by atoms with van der Waals surface area (Å²) in [5.41, 5.74) is 3.88. The van der Waals surface area contributed by atoms with Gasteiger partial charge in [0.2, 0.25) is 0 Å². The van der Waals surface area contributed by atoms with Crippen molar-refractivity contribution in [1.29, 1.82) is 0 Å². The van der Waals surface area contributed by atoms with E-state index in [1.807, 2.05) is 6.08 Å². The van der Waals surface area contributed by atoms with E-state index in [0.717, 1.165) is 6.54 Å². The smallest absolute Gasteiger partial charge is 0.0485 e. The Morgan fingerprint density at radius 2 is 2.00 bits per heavy atom. The highest BCUT2D eigenvalue weighted by atomic mass is 15.1. The van der Waals surface area contributed by atoms with Crippen molar-refractivity contribution < 1.29 is 0 Å². The van der Waals surface area contributed by atoms with E-state index in [1.165, 1.54) is 16.8 Å². The first kappa shape index (κ1) is 12.7. The molecule has 1 aliphatic heterocycles. The summed E-state index contributed by atoms with van der Waals surface area (Å²) in [5.74, 6) is 0. The Morgan fingerprint density at radius 1 is 1.28 bits per heavy atom. The molecule has 0 saturated carbocycles. The highest BCUT2D eigenvalue weighted by molar-refractivity contribution is 5.86. The van der Waals surface area contributed by atoms with E-state index in [1.54, 1.807) is 0 Å². The van der Waals surface area contributed by atoms with Crippen LogP contribution in [0.15, 0.2) is 55.3 Å². The summed E-state index contributed by atoms with van der Waals surface area (Å²) in [4.78, 5) is 2.27. The molecule has 0 aromatic heterocycles. The van der Waals surface area contributed by atoms with Crippen LogP contribution in [0.1, 0.15) is 26.3 Å². The Balaban J connectivity index is 2.51. The number of hydrogen-bond acceptors (Lipinski definition) is 1. The van der Waals surface area contributed by atoms with Crippen LogP contribution >= 0.6 is 0 Å². The first-order valence-corrected chi connectivity index (χ1v) is 6.48. The molecule has 94 valence electrons. The summed E-state index contributed by atoms with van der Waals surface area (Å²) in [6.07, 6.45) is 8.62. The van der Waals surface area contributed by atoms with Crippen LogP contribution < -0.4 is 4.90 Å². The lowest BCUT2D eigenvalue weighted by molar-refractivity contribution is 0.630. The molecule has 0 atom stereocenters.